The lowest BCUT2D eigenvalue weighted by Gasteiger charge is -2.42. The first-order chi connectivity index (χ1) is 24.9. The Bertz CT molecular complexity index is 2080. The number of nitrogens with one attached hydrogen (secondary N) is 3. The summed E-state index contributed by atoms with van der Waals surface area (Å²) in [6.45, 7) is 6.31. The normalized spacial score (nSPS) is 19.8. The number of likely N-dealkylation sites (tertiary alicyclic amines) is 3. The maximum absolute atomic E-state index is 14.3. The van der Waals surface area contributed by atoms with Crippen molar-refractivity contribution in [2.75, 3.05) is 39.3 Å². The van der Waals surface area contributed by atoms with E-state index >= 15 is 0 Å². The van der Waals surface area contributed by atoms with Crippen molar-refractivity contribution < 1.29 is 14.4 Å². The van der Waals surface area contributed by atoms with E-state index in [9.17, 15) is 14.4 Å². The second-order valence-corrected chi connectivity index (χ2v) is 14.3. The number of benzene rings is 2. The van der Waals surface area contributed by atoms with Crippen LogP contribution in [0.1, 0.15) is 61.4 Å². The Kier molecular flexibility index (Phi) is 9.20. The number of carbonyl (C=O) groups excluding carboxylic acids is 3. The average molecular weight is 689 g/mol. The summed E-state index contributed by atoms with van der Waals surface area (Å²) in [5.41, 5.74) is 4.65. The SMILES string of the molecule is Cc1cc(C[C@@H](NC(=O)N2CCC(=C3C=c4ccccc4=NC3=O)CC2)C(=O)N2CCC(N3CCC(c4ncn[nH]4)CC3)CC2)cc2cn[nH]c12. The van der Waals surface area contributed by atoms with Gasteiger partial charge in [0, 0.05) is 60.7 Å². The van der Waals surface area contributed by atoms with Gasteiger partial charge in [-0.15, -0.1) is 0 Å². The third-order valence-corrected chi connectivity index (χ3v) is 11.2. The molecule has 0 aliphatic carbocycles. The van der Waals surface area contributed by atoms with Crippen molar-refractivity contribution in [3.8, 4) is 0 Å². The Balaban J connectivity index is 0.930. The van der Waals surface area contributed by atoms with E-state index in [1.54, 1.807) is 17.4 Å². The van der Waals surface area contributed by atoms with Gasteiger partial charge in [0.15, 0.2) is 0 Å². The summed E-state index contributed by atoms with van der Waals surface area (Å²) >= 11 is 0. The van der Waals surface area contributed by atoms with Crippen LogP contribution >= 0.6 is 0 Å². The summed E-state index contributed by atoms with van der Waals surface area (Å²) in [5, 5.41) is 20.0. The van der Waals surface area contributed by atoms with Gasteiger partial charge < -0.3 is 20.0 Å². The van der Waals surface area contributed by atoms with E-state index in [1.165, 1.54) is 0 Å². The lowest BCUT2D eigenvalue weighted by atomic mass is 9.92. The number of rotatable bonds is 6. The summed E-state index contributed by atoms with van der Waals surface area (Å²) in [7, 11) is 0. The van der Waals surface area contributed by atoms with Crippen molar-refractivity contribution in [1.82, 2.24) is 45.4 Å². The van der Waals surface area contributed by atoms with Crippen LogP contribution in [0, 0.1) is 6.92 Å². The monoisotopic (exact) mass is 688 g/mol. The predicted molar refractivity (Wildman–Crippen MR) is 191 cm³/mol. The predicted octanol–water partition coefficient (Wildman–Crippen LogP) is 2.51. The third kappa shape index (κ3) is 6.94. The largest absolute Gasteiger partial charge is 0.341 e. The summed E-state index contributed by atoms with van der Waals surface area (Å²) < 4.78 is 0. The lowest BCUT2D eigenvalue weighted by molar-refractivity contribution is -0.135. The molecule has 264 valence electrons. The van der Waals surface area contributed by atoms with Crippen LogP contribution in [0.15, 0.2) is 65.1 Å². The van der Waals surface area contributed by atoms with Crippen molar-refractivity contribution in [1.29, 1.82) is 0 Å². The zero-order valence-electron chi connectivity index (χ0n) is 29.0. The van der Waals surface area contributed by atoms with Gasteiger partial charge >= 0.3 is 6.03 Å². The van der Waals surface area contributed by atoms with E-state index in [0.29, 0.717) is 68.3 Å². The van der Waals surface area contributed by atoms with E-state index in [0.717, 1.165) is 77.4 Å². The van der Waals surface area contributed by atoms with Crippen molar-refractivity contribution in [2.45, 2.75) is 69.9 Å². The van der Waals surface area contributed by atoms with Gasteiger partial charge in [0.25, 0.3) is 5.91 Å². The minimum absolute atomic E-state index is 0.0433. The average Bonchev–Trinajstić information content (AvgIpc) is 3.88. The van der Waals surface area contributed by atoms with Crippen molar-refractivity contribution >= 4 is 34.8 Å². The van der Waals surface area contributed by atoms with E-state index in [1.807, 2.05) is 48.2 Å². The summed E-state index contributed by atoms with van der Waals surface area (Å²) in [5.74, 6) is 1.13. The highest BCUT2D eigenvalue weighted by Gasteiger charge is 2.34. The highest BCUT2D eigenvalue weighted by Crippen LogP contribution is 2.29. The molecule has 0 radical (unpaired) electrons. The first kappa shape index (κ1) is 33.0. The highest BCUT2D eigenvalue weighted by atomic mass is 16.2. The van der Waals surface area contributed by atoms with Crippen molar-refractivity contribution in [3.05, 3.63) is 87.6 Å². The standard InChI is InChI=1S/C38H44N10O3/c1-24-18-25(19-29-22-40-44-34(24)29)20-33(37(50)47-16-10-30(11-17-47)46-12-8-27(9-13-46)35-39-23-41-45-35)43-38(51)48-14-6-26(7-15-48)31-21-28-4-2-3-5-32(28)42-36(31)49/h2-5,18-19,21-23,27,30,33H,6-17,20H2,1H3,(H,40,44)(H,43,51)(H,39,41,45)/t33-/m1/s1. The molecule has 4 aromatic rings. The number of para-hydroxylation sites is 1. The number of piperidine rings is 3. The molecular weight excluding hydrogens is 644 g/mol. The topological polar surface area (TPSA) is 156 Å². The molecule has 3 saturated heterocycles. The molecule has 4 aliphatic rings. The number of carbonyl (C=O) groups is 3. The van der Waals surface area contributed by atoms with Crippen LogP contribution in [0.25, 0.3) is 17.0 Å². The summed E-state index contributed by atoms with van der Waals surface area (Å²) in [6, 6.07) is 11.2. The molecule has 0 unspecified atom stereocenters. The van der Waals surface area contributed by atoms with Gasteiger partial charge in [-0.25, -0.2) is 14.8 Å². The molecule has 0 spiro atoms. The van der Waals surface area contributed by atoms with Crippen LogP contribution in [0.4, 0.5) is 4.79 Å². The summed E-state index contributed by atoms with van der Waals surface area (Å²) in [6.07, 6.45) is 10.8. The molecule has 1 atom stereocenters. The van der Waals surface area contributed by atoms with Crippen LogP contribution in [-0.2, 0) is 16.0 Å². The molecule has 4 aliphatic heterocycles. The van der Waals surface area contributed by atoms with Gasteiger partial charge in [-0.2, -0.15) is 10.2 Å². The molecule has 6 heterocycles. The Morgan fingerprint density at radius 1 is 0.941 bits per heavy atom. The number of aromatic nitrogens is 5. The molecule has 13 heteroatoms. The zero-order valence-corrected chi connectivity index (χ0v) is 29.0. The number of H-pyrrole nitrogens is 2. The van der Waals surface area contributed by atoms with Gasteiger partial charge in [-0.05, 0) is 87.9 Å². The lowest BCUT2D eigenvalue weighted by Crippen LogP contribution is -2.56. The van der Waals surface area contributed by atoms with Crippen LogP contribution < -0.4 is 15.9 Å². The molecule has 51 heavy (non-hydrogen) atoms. The molecule has 13 nitrogen and oxygen atoms in total. The number of fused-ring (bicyclic) bond motifs is 2. The van der Waals surface area contributed by atoms with Gasteiger partial charge in [0.2, 0.25) is 5.91 Å². The smallest absolute Gasteiger partial charge is 0.318 e. The number of nitrogens with zero attached hydrogens (tertiary/aromatic N) is 7. The Morgan fingerprint density at radius 3 is 2.49 bits per heavy atom. The summed E-state index contributed by atoms with van der Waals surface area (Å²) in [4.78, 5) is 55.9. The third-order valence-electron chi connectivity index (χ3n) is 11.2. The number of amides is 4. The van der Waals surface area contributed by atoms with Crippen LogP contribution in [-0.4, -0.2) is 109 Å². The van der Waals surface area contributed by atoms with Gasteiger partial charge in [0.1, 0.15) is 18.2 Å². The van der Waals surface area contributed by atoms with Gasteiger partial charge in [-0.3, -0.25) is 19.8 Å². The quantitative estimate of drug-likeness (QED) is 0.263. The molecule has 4 amide bonds. The molecule has 8 rings (SSSR count). The molecule has 2 aromatic heterocycles. The Labute approximate surface area is 295 Å². The van der Waals surface area contributed by atoms with E-state index < -0.39 is 6.04 Å². The van der Waals surface area contributed by atoms with Crippen LogP contribution in [0.3, 0.4) is 0 Å². The van der Waals surface area contributed by atoms with Crippen molar-refractivity contribution in [2.24, 2.45) is 4.99 Å². The molecule has 2 aromatic carbocycles. The fourth-order valence-electron chi connectivity index (χ4n) is 8.33. The van der Waals surface area contributed by atoms with Gasteiger partial charge in [-0.1, -0.05) is 29.8 Å². The Hall–Kier alpha value is -5.17. The fraction of sp³-hybridized carbons (Fsp3) is 0.447. The maximum Gasteiger partial charge on any atom is 0.318 e. The number of hydrogen-bond acceptors (Lipinski definition) is 7. The number of aromatic amines is 2. The van der Waals surface area contributed by atoms with Crippen molar-refractivity contribution in [3.63, 3.8) is 0 Å². The highest BCUT2D eigenvalue weighted by molar-refractivity contribution is 6.04. The second-order valence-electron chi connectivity index (χ2n) is 14.3. The second kappa shape index (κ2) is 14.2. The molecular formula is C38H44N10O3. The number of aryl methyl sites for hydroxylation is 1. The molecule has 0 bridgehead atoms. The molecule has 3 fully saturated rings. The van der Waals surface area contributed by atoms with E-state index in [2.05, 4.69) is 46.7 Å². The first-order valence-electron chi connectivity index (χ1n) is 18.2. The fourth-order valence-corrected chi connectivity index (χ4v) is 8.33. The van der Waals surface area contributed by atoms with E-state index in [4.69, 9.17) is 0 Å². The minimum atomic E-state index is -0.709. The molecule has 0 saturated carbocycles. The first-order valence-corrected chi connectivity index (χ1v) is 18.2. The Morgan fingerprint density at radius 2 is 1.73 bits per heavy atom. The number of urea groups is 1. The molecule has 3 N–H and O–H groups in total. The van der Waals surface area contributed by atoms with Crippen LogP contribution in [0.2, 0.25) is 0 Å². The number of hydrogen-bond donors (Lipinski definition) is 3. The van der Waals surface area contributed by atoms with Crippen LogP contribution in [0.5, 0.6) is 0 Å². The van der Waals surface area contributed by atoms with E-state index in [-0.39, 0.29) is 17.8 Å². The maximum atomic E-state index is 14.3. The minimum Gasteiger partial charge on any atom is -0.341 e. The zero-order chi connectivity index (χ0) is 34.9. The van der Waals surface area contributed by atoms with Gasteiger partial charge in [0.05, 0.1) is 17.1 Å².